The van der Waals surface area contributed by atoms with Crippen LogP contribution in [0.5, 0.6) is 0 Å². The molecule has 7 nitrogen and oxygen atoms in total. The van der Waals surface area contributed by atoms with Crippen LogP contribution in [0.4, 0.5) is 4.79 Å². The molecule has 1 atom stereocenters. The lowest BCUT2D eigenvalue weighted by Gasteiger charge is -2.14. The standard InChI is InChI=1S/C13H25N3O4/c1-9(2)15-11(17)7-8-14-13(20)16-10(3)5-4-6-12(18)19/h9-10H,4-8H2,1-3H3,(H,15,17)(H,18,19)(H2,14,16,20). The Kier molecular flexibility index (Phi) is 9.15. The number of aliphatic carboxylic acids is 1. The molecule has 20 heavy (non-hydrogen) atoms. The number of nitrogens with one attached hydrogen (secondary N) is 3. The summed E-state index contributed by atoms with van der Waals surface area (Å²) in [6.07, 6.45) is 1.46. The van der Waals surface area contributed by atoms with Gasteiger partial charge in [0.15, 0.2) is 0 Å². The maximum Gasteiger partial charge on any atom is 0.315 e. The first-order valence-corrected chi connectivity index (χ1v) is 6.86. The number of amides is 3. The van der Waals surface area contributed by atoms with Gasteiger partial charge in [-0.05, 0) is 33.6 Å². The van der Waals surface area contributed by atoms with Crippen molar-refractivity contribution < 1.29 is 19.5 Å². The van der Waals surface area contributed by atoms with Crippen LogP contribution in [0.2, 0.25) is 0 Å². The molecule has 0 bridgehead atoms. The first-order chi connectivity index (χ1) is 9.31. The molecule has 0 spiro atoms. The van der Waals surface area contributed by atoms with Crippen molar-refractivity contribution in [3.05, 3.63) is 0 Å². The van der Waals surface area contributed by atoms with E-state index in [0.717, 1.165) is 0 Å². The van der Waals surface area contributed by atoms with Crippen molar-refractivity contribution in [1.82, 2.24) is 16.0 Å². The third-order valence-electron chi connectivity index (χ3n) is 2.49. The van der Waals surface area contributed by atoms with Crippen LogP contribution in [-0.4, -0.2) is 41.6 Å². The van der Waals surface area contributed by atoms with Crippen molar-refractivity contribution in [1.29, 1.82) is 0 Å². The van der Waals surface area contributed by atoms with Crippen LogP contribution in [0.15, 0.2) is 0 Å². The molecule has 0 aromatic heterocycles. The van der Waals surface area contributed by atoms with Gasteiger partial charge in [0.1, 0.15) is 0 Å². The van der Waals surface area contributed by atoms with Gasteiger partial charge >= 0.3 is 12.0 Å². The van der Waals surface area contributed by atoms with Crippen LogP contribution < -0.4 is 16.0 Å². The molecule has 0 rings (SSSR count). The molecular formula is C13H25N3O4. The van der Waals surface area contributed by atoms with Crippen LogP contribution >= 0.6 is 0 Å². The molecule has 7 heteroatoms. The number of carbonyl (C=O) groups excluding carboxylic acids is 2. The molecule has 0 aliphatic rings. The van der Waals surface area contributed by atoms with Crippen molar-refractivity contribution in [3.8, 4) is 0 Å². The highest BCUT2D eigenvalue weighted by Crippen LogP contribution is 2.00. The second-order valence-electron chi connectivity index (χ2n) is 5.06. The topological polar surface area (TPSA) is 108 Å². The van der Waals surface area contributed by atoms with Gasteiger partial charge in [-0.25, -0.2) is 4.79 Å². The summed E-state index contributed by atoms with van der Waals surface area (Å²) in [6, 6.07) is -0.352. The normalized spacial score (nSPS) is 11.8. The van der Waals surface area contributed by atoms with Gasteiger partial charge in [0.25, 0.3) is 0 Å². The predicted molar refractivity (Wildman–Crippen MR) is 75.4 cm³/mol. The Morgan fingerprint density at radius 3 is 2.25 bits per heavy atom. The summed E-state index contributed by atoms with van der Waals surface area (Å²) in [7, 11) is 0. The average molecular weight is 287 g/mol. The number of rotatable bonds is 9. The van der Waals surface area contributed by atoms with Crippen LogP contribution in [0.25, 0.3) is 0 Å². The van der Waals surface area contributed by atoms with E-state index in [1.165, 1.54) is 0 Å². The first-order valence-electron chi connectivity index (χ1n) is 6.86. The van der Waals surface area contributed by atoms with Crippen molar-refractivity contribution >= 4 is 17.9 Å². The van der Waals surface area contributed by atoms with Crippen LogP contribution in [-0.2, 0) is 9.59 Å². The number of urea groups is 1. The minimum Gasteiger partial charge on any atom is -0.481 e. The zero-order valence-electron chi connectivity index (χ0n) is 12.4. The molecule has 1 unspecified atom stereocenters. The van der Waals surface area contributed by atoms with Crippen molar-refractivity contribution in [2.45, 2.75) is 58.5 Å². The molecule has 0 fully saturated rings. The molecule has 0 saturated heterocycles. The molecule has 3 amide bonds. The van der Waals surface area contributed by atoms with E-state index in [1.54, 1.807) is 0 Å². The molecule has 0 saturated carbocycles. The molecular weight excluding hydrogens is 262 g/mol. The van der Waals surface area contributed by atoms with Gasteiger partial charge in [-0.15, -0.1) is 0 Å². The molecule has 0 heterocycles. The van der Waals surface area contributed by atoms with E-state index in [1.807, 2.05) is 20.8 Å². The summed E-state index contributed by atoms with van der Waals surface area (Å²) in [6.45, 7) is 5.83. The maximum absolute atomic E-state index is 11.5. The maximum atomic E-state index is 11.5. The highest BCUT2D eigenvalue weighted by atomic mass is 16.4. The lowest BCUT2D eigenvalue weighted by molar-refractivity contribution is -0.137. The van der Waals surface area contributed by atoms with Gasteiger partial charge in [0, 0.05) is 31.5 Å². The Bertz CT molecular complexity index is 332. The van der Waals surface area contributed by atoms with Gasteiger partial charge < -0.3 is 21.1 Å². The smallest absolute Gasteiger partial charge is 0.315 e. The Morgan fingerprint density at radius 2 is 1.70 bits per heavy atom. The molecule has 116 valence electrons. The van der Waals surface area contributed by atoms with E-state index in [-0.39, 0.29) is 43.4 Å². The van der Waals surface area contributed by atoms with Crippen molar-refractivity contribution in [2.75, 3.05) is 6.54 Å². The van der Waals surface area contributed by atoms with Gasteiger partial charge in [0.2, 0.25) is 5.91 Å². The fourth-order valence-corrected chi connectivity index (χ4v) is 1.59. The zero-order valence-corrected chi connectivity index (χ0v) is 12.4. The molecule has 4 N–H and O–H groups in total. The number of hydrogen-bond donors (Lipinski definition) is 4. The average Bonchev–Trinajstić information content (AvgIpc) is 2.26. The highest BCUT2D eigenvalue weighted by molar-refractivity contribution is 5.78. The lowest BCUT2D eigenvalue weighted by Crippen LogP contribution is -2.42. The first kappa shape index (κ1) is 18.2. The molecule has 0 aliphatic carbocycles. The van der Waals surface area contributed by atoms with E-state index in [4.69, 9.17) is 5.11 Å². The lowest BCUT2D eigenvalue weighted by atomic mass is 10.1. The number of carboxylic acids is 1. The third-order valence-corrected chi connectivity index (χ3v) is 2.49. The minimum absolute atomic E-state index is 0.0885. The second kappa shape index (κ2) is 10.1. The van der Waals surface area contributed by atoms with E-state index in [0.29, 0.717) is 12.8 Å². The van der Waals surface area contributed by atoms with E-state index in [2.05, 4.69) is 16.0 Å². The van der Waals surface area contributed by atoms with Gasteiger partial charge in [-0.1, -0.05) is 0 Å². The Morgan fingerprint density at radius 1 is 1.05 bits per heavy atom. The van der Waals surface area contributed by atoms with Crippen molar-refractivity contribution in [3.63, 3.8) is 0 Å². The van der Waals surface area contributed by atoms with Gasteiger partial charge in [-0.2, -0.15) is 0 Å². The van der Waals surface area contributed by atoms with E-state index >= 15 is 0 Å². The molecule has 0 radical (unpaired) electrons. The number of hydrogen-bond acceptors (Lipinski definition) is 3. The van der Waals surface area contributed by atoms with Crippen LogP contribution in [0.3, 0.4) is 0 Å². The minimum atomic E-state index is -0.835. The number of carbonyl (C=O) groups is 3. The van der Waals surface area contributed by atoms with E-state index < -0.39 is 5.97 Å². The zero-order chi connectivity index (χ0) is 15.5. The van der Waals surface area contributed by atoms with Gasteiger partial charge in [-0.3, -0.25) is 9.59 Å². The molecule has 0 aliphatic heterocycles. The van der Waals surface area contributed by atoms with Crippen LogP contribution in [0, 0.1) is 0 Å². The Hall–Kier alpha value is -1.79. The fourth-order valence-electron chi connectivity index (χ4n) is 1.59. The van der Waals surface area contributed by atoms with Crippen LogP contribution in [0.1, 0.15) is 46.5 Å². The molecule has 0 aromatic carbocycles. The Balaban J connectivity index is 3.67. The van der Waals surface area contributed by atoms with Crippen molar-refractivity contribution in [2.24, 2.45) is 0 Å². The SMILES string of the molecule is CC(C)NC(=O)CCNC(=O)NC(C)CCCC(=O)O. The predicted octanol–water partition coefficient (Wildman–Crippen LogP) is 0.844. The second-order valence-corrected chi connectivity index (χ2v) is 5.06. The largest absolute Gasteiger partial charge is 0.481 e. The summed E-state index contributed by atoms with van der Waals surface area (Å²) >= 11 is 0. The fraction of sp³-hybridized carbons (Fsp3) is 0.769. The monoisotopic (exact) mass is 287 g/mol. The highest BCUT2D eigenvalue weighted by Gasteiger charge is 2.08. The number of carboxylic acid groups (broad SMARTS) is 1. The summed E-state index contributed by atoms with van der Waals surface area (Å²) in [5, 5.41) is 16.5. The summed E-state index contributed by atoms with van der Waals surface area (Å²) < 4.78 is 0. The third kappa shape index (κ3) is 11.3. The van der Waals surface area contributed by atoms with E-state index in [9.17, 15) is 14.4 Å². The summed E-state index contributed by atoms with van der Waals surface area (Å²) in [4.78, 5) is 33.2. The quantitative estimate of drug-likeness (QED) is 0.504. The Labute approximate surface area is 119 Å². The molecule has 0 aromatic rings. The summed E-state index contributed by atoms with van der Waals surface area (Å²) in [5.41, 5.74) is 0. The summed E-state index contributed by atoms with van der Waals surface area (Å²) in [5.74, 6) is -0.937. The van der Waals surface area contributed by atoms with Gasteiger partial charge in [0.05, 0.1) is 0 Å².